The summed E-state index contributed by atoms with van der Waals surface area (Å²) in [7, 11) is -3.61. The maximum atomic E-state index is 11.5. The Morgan fingerprint density at radius 3 is 2.50 bits per heavy atom. The highest BCUT2D eigenvalue weighted by Crippen LogP contribution is 2.18. The van der Waals surface area contributed by atoms with Crippen molar-refractivity contribution in [3.63, 3.8) is 0 Å². The number of carboxylic acids is 1. The average molecular weight is 278 g/mol. The van der Waals surface area contributed by atoms with Crippen molar-refractivity contribution in [3.05, 3.63) is 0 Å². The Balaban J connectivity index is 2.33. The molecular weight excluding hydrogens is 260 g/mol. The summed E-state index contributed by atoms with van der Waals surface area (Å²) >= 11 is 0. The molecule has 0 aromatic heterocycles. The smallest absolute Gasteiger partial charge is 0.303 e. The number of nitrogens with one attached hydrogen (secondary N) is 2. The van der Waals surface area contributed by atoms with Gasteiger partial charge in [-0.3, -0.25) is 9.59 Å². The minimum Gasteiger partial charge on any atom is -0.481 e. The topological polar surface area (TPSA) is 113 Å². The Morgan fingerprint density at radius 1 is 1.39 bits per heavy atom. The van der Waals surface area contributed by atoms with Gasteiger partial charge in [-0.1, -0.05) is 0 Å². The molecule has 1 aliphatic rings. The zero-order valence-electron chi connectivity index (χ0n) is 10.2. The van der Waals surface area contributed by atoms with E-state index in [1.165, 1.54) is 6.92 Å². The number of aliphatic carboxylic acids is 1. The number of amides is 1. The Labute approximate surface area is 106 Å². The van der Waals surface area contributed by atoms with Crippen molar-refractivity contribution < 1.29 is 23.1 Å². The number of carboxylic acid groups (broad SMARTS) is 1. The first-order valence-corrected chi connectivity index (χ1v) is 7.47. The first-order chi connectivity index (χ1) is 8.30. The molecule has 0 spiro atoms. The van der Waals surface area contributed by atoms with Gasteiger partial charge in [0, 0.05) is 12.5 Å². The largest absolute Gasteiger partial charge is 0.481 e. The third kappa shape index (κ3) is 5.97. The summed E-state index contributed by atoms with van der Waals surface area (Å²) in [6.07, 6.45) is 1.69. The van der Waals surface area contributed by atoms with Crippen LogP contribution in [0.4, 0.5) is 0 Å². The Hall–Kier alpha value is -1.15. The van der Waals surface area contributed by atoms with E-state index in [4.69, 9.17) is 5.11 Å². The molecule has 1 fully saturated rings. The number of hydrogen-bond donors (Lipinski definition) is 3. The summed E-state index contributed by atoms with van der Waals surface area (Å²) < 4.78 is 25.3. The summed E-state index contributed by atoms with van der Waals surface area (Å²) in [6.45, 7) is 1.46. The van der Waals surface area contributed by atoms with Crippen molar-refractivity contribution in [3.8, 4) is 0 Å². The number of carbonyl (C=O) groups is 2. The van der Waals surface area contributed by atoms with E-state index in [2.05, 4.69) is 10.0 Å². The highest BCUT2D eigenvalue weighted by molar-refractivity contribution is 7.89. The van der Waals surface area contributed by atoms with Crippen LogP contribution in [-0.2, 0) is 19.6 Å². The fourth-order valence-electron chi connectivity index (χ4n) is 1.35. The molecule has 0 aromatic carbocycles. The van der Waals surface area contributed by atoms with Crippen LogP contribution in [0.2, 0.25) is 0 Å². The van der Waals surface area contributed by atoms with Gasteiger partial charge in [0.05, 0.1) is 11.8 Å². The van der Waals surface area contributed by atoms with Crippen molar-refractivity contribution in [1.29, 1.82) is 0 Å². The molecule has 18 heavy (non-hydrogen) atoms. The van der Waals surface area contributed by atoms with Crippen LogP contribution in [0.3, 0.4) is 0 Å². The molecule has 0 heterocycles. The standard InChI is InChI=1S/C10H18N2O5S/c1-7(10(15)11-8-4-5-8)12-18(16,17)6-2-3-9(13)14/h7-8,12H,2-6H2,1H3,(H,11,15)(H,13,14). The van der Waals surface area contributed by atoms with Crippen molar-refractivity contribution in [2.24, 2.45) is 0 Å². The molecule has 0 radical (unpaired) electrons. The second-order valence-corrected chi connectivity index (χ2v) is 6.31. The molecule has 0 saturated heterocycles. The second kappa shape index (κ2) is 6.14. The molecule has 0 aliphatic heterocycles. The average Bonchev–Trinajstić information content (AvgIpc) is 2.99. The summed E-state index contributed by atoms with van der Waals surface area (Å²) in [6, 6.07) is -0.656. The first-order valence-electron chi connectivity index (χ1n) is 5.82. The van der Waals surface area contributed by atoms with E-state index in [-0.39, 0.29) is 30.5 Å². The van der Waals surface area contributed by atoms with Gasteiger partial charge in [-0.2, -0.15) is 0 Å². The fourth-order valence-corrected chi connectivity index (χ4v) is 2.64. The van der Waals surface area contributed by atoms with E-state index in [0.29, 0.717) is 0 Å². The van der Waals surface area contributed by atoms with Crippen molar-refractivity contribution in [1.82, 2.24) is 10.0 Å². The Kier molecular flexibility index (Phi) is 5.09. The third-order valence-electron chi connectivity index (χ3n) is 2.48. The number of sulfonamides is 1. The lowest BCUT2D eigenvalue weighted by atomic mass is 10.3. The van der Waals surface area contributed by atoms with Crippen LogP contribution in [0.25, 0.3) is 0 Å². The lowest BCUT2D eigenvalue weighted by Gasteiger charge is -2.13. The molecular formula is C10H18N2O5S. The molecule has 0 bridgehead atoms. The normalized spacial score (nSPS) is 17.2. The molecule has 1 atom stereocenters. The Bertz CT molecular complexity index is 416. The van der Waals surface area contributed by atoms with E-state index in [0.717, 1.165) is 12.8 Å². The van der Waals surface area contributed by atoms with Crippen molar-refractivity contribution in [2.45, 2.75) is 44.7 Å². The van der Waals surface area contributed by atoms with Gasteiger partial charge in [-0.05, 0) is 26.2 Å². The molecule has 8 heteroatoms. The highest BCUT2D eigenvalue weighted by Gasteiger charge is 2.27. The highest BCUT2D eigenvalue weighted by atomic mass is 32.2. The lowest BCUT2D eigenvalue weighted by molar-refractivity contribution is -0.137. The van der Waals surface area contributed by atoms with E-state index in [1.807, 2.05) is 0 Å². The molecule has 1 amide bonds. The number of rotatable bonds is 8. The van der Waals surface area contributed by atoms with Gasteiger partial charge in [0.25, 0.3) is 0 Å². The van der Waals surface area contributed by atoms with Crippen LogP contribution in [-0.4, -0.2) is 43.2 Å². The van der Waals surface area contributed by atoms with Gasteiger partial charge in [0.15, 0.2) is 0 Å². The van der Waals surface area contributed by atoms with Crippen LogP contribution in [0, 0.1) is 0 Å². The molecule has 1 unspecified atom stereocenters. The maximum Gasteiger partial charge on any atom is 0.303 e. The van der Waals surface area contributed by atoms with Gasteiger partial charge in [0.2, 0.25) is 15.9 Å². The zero-order chi connectivity index (χ0) is 13.8. The van der Waals surface area contributed by atoms with Gasteiger partial charge in [0.1, 0.15) is 0 Å². The molecule has 7 nitrogen and oxygen atoms in total. The summed E-state index contributed by atoms with van der Waals surface area (Å²) in [4.78, 5) is 21.8. The van der Waals surface area contributed by atoms with Crippen molar-refractivity contribution >= 4 is 21.9 Å². The molecule has 1 saturated carbocycles. The molecule has 104 valence electrons. The SMILES string of the molecule is CC(NS(=O)(=O)CCCC(=O)O)C(=O)NC1CC1. The molecule has 1 rings (SSSR count). The molecule has 1 aliphatic carbocycles. The van der Waals surface area contributed by atoms with Gasteiger partial charge < -0.3 is 10.4 Å². The quantitative estimate of drug-likeness (QED) is 0.551. The van der Waals surface area contributed by atoms with Gasteiger partial charge in [-0.25, -0.2) is 13.1 Å². The predicted octanol–water partition coefficient (Wildman–Crippen LogP) is -0.562. The predicted molar refractivity (Wildman–Crippen MR) is 64.4 cm³/mol. The molecule has 3 N–H and O–H groups in total. The summed E-state index contributed by atoms with van der Waals surface area (Å²) in [5, 5.41) is 11.1. The van der Waals surface area contributed by atoms with Gasteiger partial charge >= 0.3 is 5.97 Å². The minimum atomic E-state index is -3.61. The van der Waals surface area contributed by atoms with E-state index in [1.54, 1.807) is 0 Å². The van der Waals surface area contributed by atoms with Crippen LogP contribution in [0.15, 0.2) is 0 Å². The lowest BCUT2D eigenvalue weighted by Crippen LogP contribution is -2.46. The number of hydrogen-bond acceptors (Lipinski definition) is 4. The van der Waals surface area contributed by atoms with Crippen LogP contribution in [0.1, 0.15) is 32.6 Å². The number of carbonyl (C=O) groups excluding carboxylic acids is 1. The van der Waals surface area contributed by atoms with E-state index in [9.17, 15) is 18.0 Å². The summed E-state index contributed by atoms with van der Waals surface area (Å²) in [5.41, 5.74) is 0. The first kappa shape index (κ1) is 14.9. The molecule has 0 aromatic rings. The second-order valence-electron chi connectivity index (χ2n) is 4.44. The van der Waals surface area contributed by atoms with E-state index >= 15 is 0 Å². The van der Waals surface area contributed by atoms with Crippen LogP contribution >= 0.6 is 0 Å². The maximum absolute atomic E-state index is 11.5. The summed E-state index contributed by atoms with van der Waals surface area (Å²) in [5.74, 6) is -1.68. The fraction of sp³-hybridized carbons (Fsp3) is 0.800. The minimum absolute atomic E-state index is 0.0294. The third-order valence-corrected chi connectivity index (χ3v) is 4.02. The zero-order valence-corrected chi connectivity index (χ0v) is 11.0. The monoisotopic (exact) mass is 278 g/mol. The van der Waals surface area contributed by atoms with Gasteiger partial charge in [-0.15, -0.1) is 0 Å². The van der Waals surface area contributed by atoms with Crippen molar-refractivity contribution in [2.75, 3.05) is 5.75 Å². The van der Waals surface area contributed by atoms with E-state index < -0.39 is 22.0 Å². The van der Waals surface area contributed by atoms with Crippen LogP contribution in [0.5, 0.6) is 0 Å². The van der Waals surface area contributed by atoms with Crippen LogP contribution < -0.4 is 10.0 Å². The Morgan fingerprint density at radius 2 is 2.00 bits per heavy atom.